The molecule has 3 saturated heterocycles. The number of carbonyl (C=O) groups is 2. The van der Waals surface area contributed by atoms with E-state index in [1.54, 1.807) is 47.9 Å². The average molecular weight is 972 g/mol. The third-order valence-electron chi connectivity index (χ3n) is 13.2. The second-order valence-corrected chi connectivity index (χ2v) is 17.6. The van der Waals surface area contributed by atoms with Crippen LogP contribution in [0.3, 0.4) is 0 Å². The highest BCUT2D eigenvalue weighted by Crippen LogP contribution is 2.36. The third kappa shape index (κ3) is 10.8. The summed E-state index contributed by atoms with van der Waals surface area (Å²) >= 11 is 0. The molecule has 15 nitrogen and oxygen atoms in total. The number of halogens is 4. The van der Waals surface area contributed by atoms with E-state index < -0.39 is 47.4 Å². The molecule has 6 aromatic rings. The Morgan fingerprint density at radius 2 is 0.971 bits per heavy atom. The first-order valence-corrected chi connectivity index (χ1v) is 22.9. The normalized spacial score (nSPS) is 16.4. The van der Waals surface area contributed by atoms with Crippen LogP contribution in [0.15, 0.2) is 91.2 Å². The molecule has 0 bridgehead atoms. The lowest BCUT2D eigenvalue weighted by Gasteiger charge is -2.31. The van der Waals surface area contributed by atoms with Crippen LogP contribution in [0.4, 0.5) is 40.7 Å². The molecule has 2 aromatic heterocycles. The third-order valence-corrected chi connectivity index (χ3v) is 13.2. The summed E-state index contributed by atoms with van der Waals surface area (Å²) in [6, 6.07) is 14.0. The molecular weight excluding hydrogens is 919 g/mol. The summed E-state index contributed by atoms with van der Waals surface area (Å²) in [5.41, 5.74) is 1.66. The van der Waals surface area contributed by atoms with Crippen molar-refractivity contribution in [2.75, 3.05) is 99.4 Å². The fourth-order valence-corrected chi connectivity index (χ4v) is 8.89. The number of aliphatic hydroxyl groups is 1. The molecule has 1 amide bonds. The maximum absolute atomic E-state index is 14.0. The van der Waals surface area contributed by atoms with E-state index in [-0.39, 0.29) is 44.4 Å². The van der Waals surface area contributed by atoms with Gasteiger partial charge in [0.25, 0.3) is 5.91 Å². The number of morpholine rings is 2. The number of fused-ring (bicyclic) bond motifs is 2. The summed E-state index contributed by atoms with van der Waals surface area (Å²) in [4.78, 5) is 60.2. The monoisotopic (exact) mass is 971 g/mol. The minimum atomic E-state index is -1.20. The maximum Gasteiger partial charge on any atom is 0.335 e. The number of aromatic carboxylic acids is 1. The van der Waals surface area contributed by atoms with Gasteiger partial charge in [-0.1, -0.05) is 0 Å². The Labute approximate surface area is 399 Å². The number of aliphatic hydroxyl groups excluding tert-OH is 1. The SMILES string of the molecule is CC(c1cc(C(=O)N2CCC(O)CC2)cc2c(=O)cc(N3CCOCC3)oc12)N(C)c1cc(F)cc(F)c1.CC(c1cc(C(=O)O)cc2c(=O)cc(N3CCOCC3)oc12)N(C)c1cc(F)cc(F)c1. The molecule has 0 radical (unpaired) electrons. The molecule has 5 heterocycles. The van der Waals surface area contributed by atoms with Crippen molar-refractivity contribution in [2.45, 2.75) is 44.9 Å². The number of hydrogen-bond acceptors (Lipinski definition) is 13. The standard InChI is InChI=1S/C28H31F2N3O5.C23H22F2N2O5/c1-17(31(2)21-14-19(29)13-20(30)15-21)23-11-18(28(36)33-5-3-22(34)4-6-33)12-24-25(35)16-26(38-27(23)24)32-7-9-37-10-8-32;1-13(26(2)17-10-15(24)9-16(25)11-17)18-7-14(23(29)30)8-19-20(28)12-21(32-22(18)19)27-3-5-31-6-4-27/h11-17,22,34H,3-10H2,1-2H3;7-13H,3-6H2,1-2H3,(H,29,30). The summed E-state index contributed by atoms with van der Waals surface area (Å²) in [5, 5.41) is 19.8. The minimum Gasteiger partial charge on any atom is -0.478 e. The zero-order valence-corrected chi connectivity index (χ0v) is 39.1. The first-order chi connectivity index (χ1) is 33.4. The molecule has 0 aliphatic carbocycles. The number of hydrogen-bond donors (Lipinski definition) is 2. The highest BCUT2D eigenvalue weighted by molar-refractivity contribution is 5.99. The van der Waals surface area contributed by atoms with E-state index in [2.05, 4.69) is 0 Å². The fourth-order valence-electron chi connectivity index (χ4n) is 8.89. The van der Waals surface area contributed by atoms with Crippen molar-refractivity contribution in [3.05, 3.63) is 139 Å². The van der Waals surface area contributed by atoms with E-state index >= 15 is 0 Å². The number of nitrogens with zero attached hydrogens (tertiary/aromatic N) is 5. The van der Waals surface area contributed by atoms with Gasteiger partial charge < -0.3 is 53.0 Å². The highest BCUT2D eigenvalue weighted by Gasteiger charge is 2.28. The van der Waals surface area contributed by atoms with E-state index in [1.165, 1.54) is 48.5 Å². The van der Waals surface area contributed by atoms with Gasteiger partial charge in [-0.15, -0.1) is 0 Å². The molecule has 0 saturated carbocycles. The number of amides is 1. The molecule has 2 unspecified atom stereocenters. The van der Waals surface area contributed by atoms with Gasteiger partial charge in [0.15, 0.2) is 22.6 Å². The predicted octanol–water partition coefficient (Wildman–Crippen LogP) is 7.51. The van der Waals surface area contributed by atoms with Crippen molar-refractivity contribution >= 4 is 57.0 Å². The molecule has 2 atom stereocenters. The number of piperidine rings is 1. The molecular formula is C51H53F4N5O10. The van der Waals surface area contributed by atoms with E-state index in [0.29, 0.717) is 118 Å². The lowest BCUT2D eigenvalue weighted by molar-refractivity contribution is 0.0546. The number of benzene rings is 4. The number of rotatable bonds is 10. The van der Waals surface area contributed by atoms with Crippen molar-refractivity contribution in [3.8, 4) is 0 Å². The largest absolute Gasteiger partial charge is 0.478 e. The number of likely N-dealkylation sites (tertiary alicyclic amines) is 1. The van der Waals surface area contributed by atoms with E-state index in [9.17, 15) is 47.0 Å². The van der Waals surface area contributed by atoms with Crippen LogP contribution in [0.1, 0.15) is 70.6 Å². The van der Waals surface area contributed by atoms with Gasteiger partial charge in [-0.3, -0.25) is 14.4 Å². The van der Waals surface area contributed by atoms with Crippen LogP contribution in [0.25, 0.3) is 21.9 Å². The quantitative estimate of drug-likeness (QED) is 0.129. The van der Waals surface area contributed by atoms with Crippen LogP contribution in [-0.4, -0.2) is 113 Å². The van der Waals surface area contributed by atoms with E-state index in [0.717, 1.165) is 12.1 Å². The van der Waals surface area contributed by atoms with Gasteiger partial charge in [0, 0.05) is 106 Å². The summed E-state index contributed by atoms with van der Waals surface area (Å²) < 4.78 is 78.7. The Bertz CT molecular complexity index is 3000. The number of carboxylic acids is 1. The van der Waals surface area contributed by atoms with E-state index in [4.69, 9.17) is 18.3 Å². The Morgan fingerprint density at radius 3 is 1.37 bits per heavy atom. The molecule has 70 heavy (non-hydrogen) atoms. The lowest BCUT2D eigenvalue weighted by Crippen LogP contribution is -2.40. The van der Waals surface area contributed by atoms with Crippen LogP contribution in [0.5, 0.6) is 0 Å². The van der Waals surface area contributed by atoms with Crippen LogP contribution < -0.4 is 30.5 Å². The lowest BCUT2D eigenvalue weighted by atomic mass is 9.98. The van der Waals surface area contributed by atoms with Gasteiger partial charge in [0.1, 0.15) is 34.4 Å². The van der Waals surface area contributed by atoms with Crippen molar-refractivity contribution in [3.63, 3.8) is 0 Å². The number of anilines is 4. The van der Waals surface area contributed by atoms with Crippen LogP contribution >= 0.6 is 0 Å². The molecule has 19 heteroatoms. The van der Waals surface area contributed by atoms with E-state index in [1.807, 2.05) is 16.7 Å². The number of carbonyl (C=O) groups excluding carboxylic acids is 1. The smallest absolute Gasteiger partial charge is 0.335 e. The molecule has 370 valence electrons. The first-order valence-electron chi connectivity index (χ1n) is 22.9. The van der Waals surface area contributed by atoms with Gasteiger partial charge >= 0.3 is 5.97 Å². The summed E-state index contributed by atoms with van der Waals surface area (Å²) in [5.74, 6) is -3.56. The first kappa shape index (κ1) is 49.5. The summed E-state index contributed by atoms with van der Waals surface area (Å²) in [6.07, 6.45) is 0.542. The topological polar surface area (TPSA) is 170 Å². The second-order valence-electron chi connectivity index (χ2n) is 17.6. The summed E-state index contributed by atoms with van der Waals surface area (Å²) in [6.45, 7) is 8.64. The molecule has 9 rings (SSSR count). The van der Waals surface area contributed by atoms with Crippen LogP contribution in [-0.2, 0) is 9.47 Å². The zero-order valence-electron chi connectivity index (χ0n) is 39.1. The Hall–Kier alpha value is -6.96. The average Bonchev–Trinajstić information content (AvgIpc) is 3.35. The zero-order chi connectivity index (χ0) is 50.0. The van der Waals surface area contributed by atoms with Gasteiger partial charge in [-0.05, 0) is 75.2 Å². The summed E-state index contributed by atoms with van der Waals surface area (Å²) in [7, 11) is 3.32. The van der Waals surface area contributed by atoms with Gasteiger partial charge in [0.05, 0.1) is 61.0 Å². The van der Waals surface area contributed by atoms with Crippen molar-refractivity contribution in [2.24, 2.45) is 0 Å². The molecule has 4 aromatic carbocycles. The fraction of sp³-hybridized carbons (Fsp3) is 0.373. The molecule has 3 aliphatic rings. The van der Waals surface area contributed by atoms with Crippen molar-refractivity contribution in [1.82, 2.24) is 4.90 Å². The molecule has 0 spiro atoms. The Kier molecular flexibility index (Phi) is 14.8. The number of carboxylic acid groups (broad SMARTS) is 1. The minimum absolute atomic E-state index is 0.0791. The Balaban J connectivity index is 0.000000191. The van der Waals surface area contributed by atoms with Crippen molar-refractivity contribution in [1.29, 1.82) is 0 Å². The highest BCUT2D eigenvalue weighted by atomic mass is 19.1. The van der Waals surface area contributed by atoms with Gasteiger partial charge in [-0.2, -0.15) is 0 Å². The van der Waals surface area contributed by atoms with Crippen LogP contribution in [0, 0.1) is 23.3 Å². The molecule has 3 fully saturated rings. The molecule has 3 aliphatic heterocycles. The Morgan fingerprint density at radius 1 is 0.586 bits per heavy atom. The van der Waals surface area contributed by atoms with Gasteiger partial charge in [0.2, 0.25) is 0 Å². The van der Waals surface area contributed by atoms with Gasteiger partial charge in [-0.25, -0.2) is 22.4 Å². The molecule has 2 N–H and O–H groups in total. The predicted molar refractivity (Wildman–Crippen MR) is 255 cm³/mol. The number of ether oxygens (including phenoxy) is 2. The second kappa shape index (κ2) is 21.0. The maximum atomic E-state index is 14.0. The van der Waals surface area contributed by atoms with Crippen LogP contribution in [0.2, 0.25) is 0 Å². The van der Waals surface area contributed by atoms with Crippen molar-refractivity contribution < 1.29 is 55.7 Å².